The summed E-state index contributed by atoms with van der Waals surface area (Å²) < 4.78 is 5.55. The number of piperidine rings is 1. The molecule has 1 heterocycles. The van der Waals surface area contributed by atoms with Crippen molar-refractivity contribution >= 4 is 0 Å². The molecule has 0 bridgehead atoms. The molecule has 3 heteroatoms. The third kappa shape index (κ3) is 2.38. The Morgan fingerprint density at radius 2 is 2.06 bits per heavy atom. The van der Waals surface area contributed by atoms with Gasteiger partial charge in [0.15, 0.2) is 0 Å². The Balaban J connectivity index is 2.44. The Bertz CT molecular complexity index is 397. The van der Waals surface area contributed by atoms with E-state index in [2.05, 4.69) is 30.4 Å². The van der Waals surface area contributed by atoms with Crippen molar-refractivity contribution in [3.63, 3.8) is 0 Å². The minimum Gasteiger partial charge on any atom is -0.496 e. The summed E-state index contributed by atoms with van der Waals surface area (Å²) in [5, 5.41) is 3.41. The van der Waals surface area contributed by atoms with E-state index in [1.807, 2.05) is 0 Å². The number of benzene rings is 1. The van der Waals surface area contributed by atoms with Gasteiger partial charge in [-0.15, -0.1) is 0 Å². The van der Waals surface area contributed by atoms with Gasteiger partial charge in [-0.25, -0.2) is 0 Å². The van der Waals surface area contributed by atoms with Crippen molar-refractivity contribution in [2.45, 2.75) is 31.6 Å². The van der Waals surface area contributed by atoms with Crippen LogP contribution in [0.5, 0.6) is 5.75 Å². The molecule has 3 nitrogen and oxygen atoms in total. The molecule has 0 spiro atoms. The van der Waals surface area contributed by atoms with Gasteiger partial charge in [0, 0.05) is 17.5 Å². The van der Waals surface area contributed by atoms with Crippen LogP contribution in [-0.2, 0) is 11.8 Å². The third-order valence-corrected chi connectivity index (χ3v) is 4.19. The number of ether oxygens (including phenoxy) is 1. The van der Waals surface area contributed by atoms with Gasteiger partial charge in [-0.2, -0.15) is 0 Å². The maximum absolute atomic E-state index is 6.10. The second-order valence-corrected chi connectivity index (χ2v) is 5.12. The first-order chi connectivity index (χ1) is 8.75. The van der Waals surface area contributed by atoms with Crippen LogP contribution in [0, 0.1) is 0 Å². The van der Waals surface area contributed by atoms with E-state index in [4.69, 9.17) is 10.5 Å². The van der Waals surface area contributed by atoms with Crippen molar-refractivity contribution in [1.82, 2.24) is 5.32 Å². The van der Waals surface area contributed by atoms with Crippen LogP contribution >= 0.6 is 0 Å². The van der Waals surface area contributed by atoms with Crippen LogP contribution in [0.4, 0.5) is 0 Å². The predicted octanol–water partition coefficient (Wildman–Crippen LogP) is 1.84. The van der Waals surface area contributed by atoms with Crippen LogP contribution < -0.4 is 15.8 Å². The van der Waals surface area contributed by atoms with Crippen LogP contribution in [0.15, 0.2) is 18.2 Å². The quantitative estimate of drug-likeness (QED) is 0.854. The van der Waals surface area contributed by atoms with Crippen LogP contribution in [-0.4, -0.2) is 26.7 Å². The molecular formula is C15H24N2O. The number of nitrogens with two attached hydrogens (primary N) is 1. The minimum atomic E-state index is 0.0851. The van der Waals surface area contributed by atoms with Gasteiger partial charge in [-0.3, -0.25) is 0 Å². The molecular weight excluding hydrogens is 224 g/mol. The molecule has 0 radical (unpaired) electrons. The molecule has 0 saturated carbocycles. The number of nitrogens with one attached hydrogen (secondary N) is 1. The molecule has 0 aromatic heterocycles. The van der Waals surface area contributed by atoms with E-state index in [9.17, 15) is 0 Å². The fourth-order valence-corrected chi connectivity index (χ4v) is 2.88. The molecule has 2 rings (SSSR count). The molecule has 0 amide bonds. The van der Waals surface area contributed by atoms with Gasteiger partial charge >= 0.3 is 0 Å². The summed E-state index contributed by atoms with van der Waals surface area (Å²) >= 11 is 0. The average Bonchev–Trinajstić information content (AvgIpc) is 2.47. The highest BCUT2D eigenvalue weighted by atomic mass is 16.5. The fourth-order valence-electron chi connectivity index (χ4n) is 2.88. The lowest BCUT2D eigenvalue weighted by molar-refractivity contribution is 0.300. The van der Waals surface area contributed by atoms with Crippen molar-refractivity contribution in [3.05, 3.63) is 29.3 Å². The van der Waals surface area contributed by atoms with Crippen molar-refractivity contribution in [1.29, 1.82) is 0 Å². The third-order valence-electron chi connectivity index (χ3n) is 4.19. The fraction of sp³-hybridized carbons (Fsp3) is 0.600. The standard InChI is InChI=1S/C15H24N2O/c1-3-12-4-5-14(18-2)13(10-12)15(11-16)6-8-17-9-7-15/h4-5,10,17H,3,6-9,11,16H2,1-2H3. The maximum Gasteiger partial charge on any atom is 0.122 e. The lowest BCUT2D eigenvalue weighted by atomic mass is 9.72. The van der Waals surface area contributed by atoms with Crippen LogP contribution in [0.25, 0.3) is 0 Å². The normalized spacial score (nSPS) is 18.6. The number of methoxy groups -OCH3 is 1. The van der Waals surface area contributed by atoms with Gasteiger partial charge < -0.3 is 15.8 Å². The molecule has 18 heavy (non-hydrogen) atoms. The molecule has 1 aliphatic heterocycles. The van der Waals surface area contributed by atoms with Crippen molar-refractivity contribution < 1.29 is 4.74 Å². The summed E-state index contributed by atoms with van der Waals surface area (Å²) in [5.41, 5.74) is 8.85. The van der Waals surface area contributed by atoms with E-state index < -0.39 is 0 Å². The Morgan fingerprint density at radius 3 is 2.61 bits per heavy atom. The summed E-state index contributed by atoms with van der Waals surface area (Å²) in [6.07, 6.45) is 3.23. The van der Waals surface area contributed by atoms with E-state index >= 15 is 0 Å². The van der Waals surface area contributed by atoms with E-state index in [0.29, 0.717) is 6.54 Å². The van der Waals surface area contributed by atoms with Gasteiger partial charge in [0.1, 0.15) is 5.75 Å². The minimum absolute atomic E-state index is 0.0851. The monoisotopic (exact) mass is 248 g/mol. The summed E-state index contributed by atoms with van der Waals surface area (Å²) in [7, 11) is 1.75. The first-order valence-corrected chi connectivity index (χ1v) is 6.84. The highest BCUT2D eigenvalue weighted by molar-refractivity contribution is 5.43. The first kappa shape index (κ1) is 13.4. The number of hydrogen-bond acceptors (Lipinski definition) is 3. The number of aryl methyl sites for hydroxylation is 1. The zero-order chi connectivity index (χ0) is 13.0. The lowest BCUT2D eigenvalue weighted by Gasteiger charge is -2.38. The second-order valence-electron chi connectivity index (χ2n) is 5.12. The maximum atomic E-state index is 6.10. The van der Waals surface area contributed by atoms with E-state index in [0.717, 1.165) is 38.1 Å². The Hall–Kier alpha value is -1.06. The smallest absolute Gasteiger partial charge is 0.122 e. The Kier molecular flexibility index (Phi) is 4.25. The molecule has 1 saturated heterocycles. The summed E-state index contributed by atoms with van der Waals surface area (Å²) in [5.74, 6) is 0.986. The Morgan fingerprint density at radius 1 is 1.33 bits per heavy atom. The average molecular weight is 248 g/mol. The SMILES string of the molecule is CCc1ccc(OC)c(C2(CN)CCNCC2)c1. The molecule has 0 aliphatic carbocycles. The molecule has 1 aromatic carbocycles. The van der Waals surface area contributed by atoms with Crippen LogP contribution in [0.2, 0.25) is 0 Å². The van der Waals surface area contributed by atoms with Crippen LogP contribution in [0.3, 0.4) is 0 Å². The zero-order valence-corrected chi connectivity index (χ0v) is 11.5. The largest absolute Gasteiger partial charge is 0.496 e. The summed E-state index contributed by atoms with van der Waals surface area (Å²) in [4.78, 5) is 0. The zero-order valence-electron chi connectivity index (χ0n) is 11.5. The second kappa shape index (κ2) is 5.72. The first-order valence-electron chi connectivity index (χ1n) is 6.84. The van der Waals surface area contributed by atoms with Crippen molar-refractivity contribution in [2.24, 2.45) is 5.73 Å². The van der Waals surface area contributed by atoms with E-state index in [-0.39, 0.29) is 5.41 Å². The Labute approximate surface area is 110 Å². The molecule has 1 fully saturated rings. The molecule has 3 N–H and O–H groups in total. The van der Waals surface area contributed by atoms with E-state index in [1.165, 1.54) is 11.1 Å². The van der Waals surface area contributed by atoms with Crippen molar-refractivity contribution in [3.8, 4) is 5.75 Å². The lowest BCUT2D eigenvalue weighted by Crippen LogP contribution is -2.45. The topological polar surface area (TPSA) is 47.3 Å². The predicted molar refractivity (Wildman–Crippen MR) is 75.2 cm³/mol. The highest BCUT2D eigenvalue weighted by Crippen LogP contribution is 2.38. The van der Waals surface area contributed by atoms with Gasteiger partial charge in [-0.05, 0) is 44.0 Å². The summed E-state index contributed by atoms with van der Waals surface area (Å²) in [6.45, 7) is 4.95. The molecule has 100 valence electrons. The van der Waals surface area contributed by atoms with E-state index in [1.54, 1.807) is 7.11 Å². The number of rotatable bonds is 4. The van der Waals surface area contributed by atoms with Crippen molar-refractivity contribution in [2.75, 3.05) is 26.7 Å². The molecule has 1 aromatic rings. The number of hydrogen-bond donors (Lipinski definition) is 2. The summed E-state index contributed by atoms with van der Waals surface area (Å²) in [6, 6.07) is 6.53. The molecule has 0 atom stereocenters. The molecule has 1 aliphatic rings. The molecule has 0 unspecified atom stereocenters. The van der Waals surface area contributed by atoms with Gasteiger partial charge in [0.05, 0.1) is 7.11 Å². The van der Waals surface area contributed by atoms with Crippen LogP contribution in [0.1, 0.15) is 30.9 Å². The van der Waals surface area contributed by atoms with Gasteiger partial charge in [-0.1, -0.05) is 19.1 Å². The highest BCUT2D eigenvalue weighted by Gasteiger charge is 2.35. The van der Waals surface area contributed by atoms with Gasteiger partial charge in [0.25, 0.3) is 0 Å². The van der Waals surface area contributed by atoms with Gasteiger partial charge in [0.2, 0.25) is 0 Å².